The Hall–Kier alpha value is -6.47. The fourth-order valence-electron chi connectivity index (χ4n) is 6.90. The van der Waals surface area contributed by atoms with Crippen LogP contribution in [0.25, 0.3) is 83.4 Å². The van der Waals surface area contributed by atoms with Gasteiger partial charge in [-0.25, -0.2) is 9.37 Å². The molecule has 7 heteroatoms. The zero-order chi connectivity index (χ0) is 34.7. The van der Waals surface area contributed by atoms with Gasteiger partial charge >= 0.3 is 6.18 Å². The maximum Gasteiger partial charge on any atom is 0.416 e. The Bertz CT molecular complexity index is 2730. The van der Waals surface area contributed by atoms with Crippen molar-refractivity contribution in [2.24, 2.45) is 0 Å². The molecule has 0 amide bonds. The lowest BCUT2D eigenvalue weighted by molar-refractivity contribution is -0.137. The minimum Gasteiger partial charge on any atom is -0.455 e. The number of rotatable bonds is 5. The van der Waals surface area contributed by atoms with Crippen molar-refractivity contribution >= 4 is 33.0 Å². The molecular formula is C44H26F4N2O. The van der Waals surface area contributed by atoms with Crippen LogP contribution in [-0.2, 0) is 6.18 Å². The maximum absolute atomic E-state index is 16.0. The standard InChI is InChI=1S/C44H26F4N2O/c45-37-15-8-16-38-41(37)50(39-26-31(27-9-3-1-4-10-27)19-23-33(39)29-11-5-2-6-12-29)43(49-38)35-14-7-13-34-36-25-30(20-24-40(36)51-42(34)35)28-17-21-32(22-18-28)44(46,47)48/h1-26H. The van der Waals surface area contributed by atoms with Gasteiger partial charge in [-0.2, -0.15) is 13.2 Å². The van der Waals surface area contributed by atoms with Crippen molar-refractivity contribution < 1.29 is 22.0 Å². The number of benzene rings is 7. The smallest absolute Gasteiger partial charge is 0.416 e. The van der Waals surface area contributed by atoms with E-state index >= 15 is 4.39 Å². The van der Waals surface area contributed by atoms with E-state index in [0.717, 1.165) is 56.4 Å². The Morgan fingerprint density at radius 2 is 1.18 bits per heavy atom. The zero-order valence-corrected chi connectivity index (χ0v) is 26.8. The zero-order valence-electron chi connectivity index (χ0n) is 26.8. The van der Waals surface area contributed by atoms with Gasteiger partial charge in [-0.05, 0) is 76.3 Å². The van der Waals surface area contributed by atoms with Gasteiger partial charge in [-0.1, -0.05) is 109 Å². The topological polar surface area (TPSA) is 31.0 Å². The van der Waals surface area contributed by atoms with Crippen molar-refractivity contribution in [2.45, 2.75) is 6.18 Å². The summed E-state index contributed by atoms with van der Waals surface area (Å²) in [6.07, 6.45) is -4.41. The third-order valence-corrected chi connectivity index (χ3v) is 9.34. The van der Waals surface area contributed by atoms with Crippen LogP contribution in [-0.4, -0.2) is 9.55 Å². The number of halogens is 4. The van der Waals surface area contributed by atoms with Gasteiger partial charge in [0.1, 0.15) is 28.3 Å². The second-order valence-electron chi connectivity index (χ2n) is 12.4. The SMILES string of the molecule is Fc1cccc2nc(-c3cccc4c3oc3ccc(-c5ccc(C(F)(F)F)cc5)cc34)n(-c3cc(-c4ccccc4)ccc3-c3ccccc3)c12. The van der Waals surface area contributed by atoms with E-state index in [1.807, 2.05) is 102 Å². The average molecular weight is 675 g/mol. The van der Waals surface area contributed by atoms with Crippen LogP contribution in [0.15, 0.2) is 162 Å². The van der Waals surface area contributed by atoms with Crippen LogP contribution in [0.3, 0.4) is 0 Å². The highest BCUT2D eigenvalue weighted by molar-refractivity contribution is 6.10. The van der Waals surface area contributed by atoms with Gasteiger partial charge < -0.3 is 4.42 Å². The molecule has 3 nitrogen and oxygen atoms in total. The van der Waals surface area contributed by atoms with E-state index in [1.54, 1.807) is 12.1 Å². The van der Waals surface area contributed by atoms with Crippen molar-refractivity contribution in [2.75, 3.05) is 0 Å². The van der Waals surface area contributed by atoms with Crippen molar-refractivity contribution in [3.05, 3.63) is 169 Å². The quantitative estimate of drug-likeness (QED) is 0.170. The number of aromatic nitrogens is 2. The summed E-state index contributed by atoms with van der Waals surface area (Å²) >= 11 is 0. The third-order valence-electron chi connectivity index (χ3n) is 9.34. The molecule has 0 saturated carbocycles. The summed E-state index contributed by atoms with van der Waals surface area (Å²) in [5.41, 5.74) is 7.98. The molecule has 51 heavy (non-hydrogen) atoms. The number of hydrogen-bond acceptors (Lipinski definition) is 2. The van der Waals surface area contributed by atoms with E-state index in [4.69, 9.17) is 9.40 Å². The molecule has 0 atom stereocenters. The lowest BCUT2D eigenvalue weighted by Gasteiger charge is -2.17. The van der Waals surface area contributed by atoms with Crippen LogP contribution in [0.2, 0.25) is 0 Å². The molecule has 9 rings (SSSR count). The summed E-state index contributed by atoms with van der Waals surface area (Å²) in [5.74, 6) is 0.0958. The van der Waals surface area contributed by atoms with Crippen molar-refractivity contribution in [1.29, 1.82) is 0 Å². The molecule has 0 saturated heterocycles. The van der Waals surface area contributed by atoms with Gasteiger partial charge in [0.2, 0.25) is 0 Å². The Kier molecular flexibility index (Phi) is 7.10. The molecule has 7 aromatic carbocycles. The first-order valence-electron chi connectivity index (χ1n) is 16.4. The number of fused-ring (bicyclic) bond motifs is 4. The van der Waals surface area contributed by atoms with Crippen molar-refractivity contribution in [3.8, 4) is 50.5 Å². The lowest BCUT2D eigenvalue weighted by atomic mass is 9.97. The summed E-state index contributed by atoms with van der Waals surface area (Å²) in [5, 5.41) is 1.60. The number of hydrogen-bond donors (Lipinski definition) is 0. The van der Waals surface area contributed by atoms with Crippen LogP contribution < -0.4 is 0 Å². The monoisotopic (exact) mass is 674 g/mol. The third kappa shape index (κ3) is 5.25. The van der Waals surface area contributed by atoms with Crippen molar-refractivity contribution in [3.63, 3.8) is 0 Å². The molecule has 0 N–H and O–H groups in total. The Balaban J connectivity index is 1.28. The maximum atomic E-state index is 16.0. The Morgan fingerprint density at radius 1 is 0.529 bits per heavy atom. The normalized spacial score (nSPS) is 11.9. The summed E-state index contributed by atoms with van der Waals surface area (Å²) in [6, 6.07) is 47.6. The van der Waals surface area contributed by atoms with Crippen LogP contribution in [0.4, 0.5) is 17.6 Å². The first kappa shape index (κ1) is 30.6. The molecule has 0 spiro atoms. The number of furan rings is 1. The van der Waals surface area contributed by atoms with Crippen LogP contribution in [0.1, 0.15) is 5.56 Å². The lowest BCUT2D eigenvalue weighted by Crippen LogP contribution is -2.03. The largest absolute Gasteiger partial charge is 0.455 e. The molecule has 2 heterocycles. The highest BCUT2D eigenvalue weighted by Crippen LogP contribution is 2.42. The van der Waals surface area contributed by atoms with E-state index < -0.39 is 17.6 Å². The summed E-state index contributed by atoms with van der Waals surface area (Å²) < 4.78 is 64.2. The van der Waals surface area contributed by atoms with Crippen LogP contribution in [0, 0.1) is 5.82 Å². The highest BCUT2D eigenvalue weighted by atomic mass is 19.4. The minimum atomic E-state index is -4.41. The summed E-state index contributed by atoms with van der Waals surface area (Å²) in [7, 11) is 0. The first-order valence-corrected chi connectivity index (χ1v) is 16.4. The molecule has 246 valence electrons. The van der Waals surface area contributed by atoms with Gasteiger partial charge in [-0.3, -0.25) is 4.57 Å². The van der Waals surface area contributed by atoms with Crippen LogP contribution >= 0.6 is 0 Å². The molecule has 0 radical (unpaired) electrons. The van der Waals surface area contributed by atoms with Gasteiger partial charge in [0, 0.05) is 16.3 Å². The second kappa shape index (κ2) is 11.8. The molecule has 0 aliphatic carbocycles. The fourth-order valence-corrected chi connectivity index (χ4v) is 6.90. The number of nitrogens with zero attached hydrogens (tertiary/aromatic N) is 2. The highest BCUT2D eigenvalue weighted by Gasteiger charge is 2.30. The number of imidazole rings is 1. The van der Waals surface area contributed by atoms with Gasteiger partial charge in [0.15, 0.2) is 0 Å². The molecule has 0 fully saturated rings. The van der Waals surface area contributed by atoms with Gasteiger partial charge in [0.25, 0.3) is 0 Å². The molecule has 0 aliphatic heterocycles. The molecule has 0 aliphatic rings. The Labute approximate surface area is 289 Å². The Morgan fingerprint density at radius 3 is 1.92 bits per heavy atom. The summed E-state index contributed by atoms with van der Waals surface area (Å²) in [6.45, 7) is 0. The van der Waals surface area contributed by atoms with Crippen molar-refractivity contribution in [1.82, 2.24) is 9.55 Å². The fraction of sp³-hybridized carbons (Fsp3) is 0.0227. The first-order chi connectivity index (χ1) is 24.8. The van der Waals surface area contributed by atoms with Gasteiger partial charge in [0.05, 0.1) is 22.3 Å². The van der Waals surface area contributed by atoms with E-state index in [2.05, 4.69) is 18.2 Å². The minimum absolute atomic E-state index is 0.340. The predicted molar refractivity (Wildman–Crippen MR) is 195 cm³/mol. The van der Waals surface area contributed by atoms with E-state index in [1.165, 1.54) is 18.2 Å². The summed E-state index contributed by atoms with van der Waals surface area (Å²) in [4.78, 5) is 5.04. The van der Waals surface area contributed by atoms with Crippen LogP contribution in [0.5, 0.6) is 0 Å². The molecule has 0 bridgehead atoms. The molecule has 9 aromatic rings. The second-order valence-corrected chi connectivity index (χ2v) is 12.4. The predicted octanol–water partition coefficient (Wildman–Crippen LogP) is 12.8. The molecule has 2 aromatic heterocycles. The number of para-hydroxylation sites is 2. The van der Waals surface area contributed by atoms with E-state index in [-0.39, 0.29) is 0 Å². The number of alkyl halides is 3. The van der Waals surface area contributed by atoms with E-state index in [9.17, 15) is 13.2 Å². The van der Waals surface area contributed by atoms with E-state index in [0.29, 0.717) is 39.2 Å². The average Bonchev–Trinajstić information content (AvgIpc) is 3.74. The molecular weight excluding hydrogens is 648 g/mol. The van der Waals surface area contributed by atoms with Gasteiger partial charge in [-0.15, -0.1) is 0 Å². The molecule has 0 unspecified atom stereocenters.